The van der Waals surface area contributed by atoms with E-state index in [1.165, 1.54) is 6.07 Å². The second-order valence-corrected chi connectivity index (χ2v) is 7.23. The summed E-state index contributed by atoms with van der Waals surface area (Å²) >= 11 is 0. The number of aromatic nitrogens is 2. The van der Waals surface area contributed by atoms with Gasteiger partial charge in [-0.05, 0) is 62.4 Å². The summed E-state index contributed by atoms with van der Waals surface area (Å²) in [5.41, 5.74) is 3.46. The number of amides is 1. The fraction of sp³-hybridized carbons (Fsp3) is 0.524. The molecular formula is C21H28FN3O. The highest BCUT2D eigenvalue weighted by Gasteiger charge is 2.29. The number of hydrogen-bond donors (Lipinski definition) is 0. The number of rotatable bonds is 8. The predicted octanol–water partition coefficient (Wildman–Crippen LogP) is 4.52. The zero-order valence-electron chi connectivity index (χ0n) is 16.0. The van der Waals surface area contributed by atoms with Crippen molar-refractivity contribution in [3.8, 4) is 11.3 Å². The van der Waals surface area contributed by atoms with Gasteiger partial charge in [-0.1, -0.05) is 13.8 Å². The zero-order valence-corrected chi connectivity index (χ0v) is 16.0. The van der Waals surface area contributed by atoms with Crippen LogP contribution in [0.4, 0.5) is 4.39 Å². The topological polar surface area (TPSA) is 38.1 Å². The molecule has 4 nitrogen and oxygen atoms in total. The number of hydrogen-bond acceptors (Lipinski definition) is 2. The number of benzene rings is 1. The van der Waals surface area contributed by atoms with Crippen molar-refractivity contribution in [1.82, 2.24) is 14.7 Å². The molecule has 1 fully saturated rings. The maximum Gasteiger partial charge on any atom is 0.244 e. The maximum atomic E-state index is 13.6. The molecule has 140 valence electrons. The minimum Gasteiger partial charge on any atom is -0.341 e. The first-order chi connectivity index (χ1) is 12.5. The average Bonchev–Trinajstić information content (AvgIpc) is 3.38. The first-order valence-corrected chi connectivity index (χ1v) is 9.65. The fourth-order valence-corrected chi connectivity index (χ4v) is 3.34. The first kappa shape index (κ1) is 18.6. The third-order valence-corrected chi connectivity index (χ3v) is 4.89. The lowest BCUT2D eigenvalue weighted by atomic mass is 10.1. The lowest BCUT2D eigenvalue weighted by Crippen LogP contribution is -2.35. The van der Waals surface area contributed by atoms with Gasteiger partial charge in [0.1, 0.15) is 12.4 Å². The Labute approximate surface area is 155 Å². The molecule has 0 bridgehead atoms. The highest BCUT2D eigenvalue weighted by atomic mass is 19.1. The van der Waals surface area contributed by atoms with Crippen LogP contribution in [0.15, 0.2) is 24.3 Å². The van der Waals surface area contributed by atoms with Gasteiger partial charge in [0.2, 0.25) is 5.91 Å². The molecule has 1 amide bonds. The fourth-order valence-electron chi connectivity index (χ4n) is 3.34. The summed E-state index contributed by atoms with van der Waals surface area (Å²) in [5.74, 6) is 0.414. The molecule has 5 heteroatoms. The van der Waals surface area contributed by atoms with Crippen molar-refractivity contribution in [2.24, 2.45) is 0 Å². The molecule has 1 aliphatic rings. The van der Waals surface area contributed by atoms with E-state index in [-0.39, 0.29) is 18.3 Å². The van der Waals surface area contributed by atoms with Gasteiger partial charge in [-0.15, -0.1) is 0 Å². The van der Waals surface area contributed by atoms with Crippen molar-refractivity contribution in [1.29, 1.82) is 0 Å². The van der Waals surface area contributed by atoms with E-state index in [1.54, 1.807) is 13.0 Å². The second-order valence-electron chi connectivity index (χ2n) is 7.23. The molecule has 0 atom stereocenters. The van der Waals surface area contributed by atoms with Gasteiger partial charge in [0, 0.05) is 30.3 Å². The summed E-state index contributed by atoms with van der Waals surface area (Å²) in [6, 6.07) is 7.13. The summed E-state index contributed by atoms with van der Waals surface area (Å²) in [4.78, 5) is 14.7. The smallest absolute Gasteiger partial charge is 0.244 e. The van der Waals surface area contributed by atoms with E-state index < -0.39 is 0 Å². The summed E-state index contributed by atoms with van der Waals surface area (Å²) in [5, 5.41) is 4.70. The van der Waals surface area contributed by atoms with E-state index in [9.17, 15) is 9.18 Å². The minimum absolute atomic E-state index is 0.125. The van der Waals surface area contributed by atoms with Crippen LogP contribution in [0.1, 0.15) is 56.7 Å². The molecule has 26 heavy (non-hydrogen) atoms. The lowest BCUT2D eigenvalue weighted by molar-refractivity contribution is -0.132. The van der Waals surface area contributed by atoms with Crippen LogP contribution in [0.2, 0.25) is 0 Å². The van der Waals surface area contributed by atoms with Crippen molar-refractivity contribution < 1.29 is 9.18 Å². The molecule has 0 unspecified atom stereocenters. The number of aryl methyl sites for hydroxylation is 1. The molecule has 1 aliphatic carbocycles. The van der Waals surface area contributed by atoms with Crippen LogP contribution in [0.5, 0.6) is 0 Å². The van der Waals surface area contributed by atoms with Crippen LogP contribution in [-0.2, 0) is 11.3 Å². The molecule has 1 heterocycles. The summed E-state index contributed by atoms with van der Waals surface area (Å²) in [6.45, 7) is 7.80. The molecule has 0 radical (unpaired) electrons. The van der Waals surface area contributed by atoms with Gasteiger partial charge >= 0.3 is 0 Å². The summed E-state index contributed by atoms with van der Waals surface area (Å²) < 4.78 is 15.4. The maximum absolute atomic E-state index is 13.6. The van der Waals surface area contributed by atoms with E-state index in [4.69, 9.17) is 5.10 Å². The molecule has 1 aromatic carbocycles. The van der Waals surface area contributed by atoms with E-state index in [0.29, 0.717) is 11.5 Å². The average molecular weight is 357 g/mol. The zero-order chi connectivity index (χ0) is 18.7. The second kappa shape index (κ2) is 8.02. The monoisotopic (exact) mass is 357 g/mol. The SMILES string of the molecule is CCCN(CCC)C(=O)Cn1nc(-c2ccc(F)c(C)c2)cc1C1CC1. The van der Waals surface area contributed by atoms with Crippen molar-refractivity contribution in [3.63, 3.8) is 0 Å². The van der Waals surface area contributed by atoms with E-state index in [2.05, 4.69) is 19.9 Å². The Bertz CT molecular complexity index is 774. The van der Waals surface area contributed by atoms with E-state index in [0.717, 1.165) is 55.7 Å². The molecule has 2 aromatic rings. The van der Waals surface area contributed by atoms with Crippen LogP contribution >= 0.6 is 0 Å². The Kier molecular flexibility index (Phi) is 5.74. The Morgan fingerprint density at radius 2 is 1.92 bits per heavy atom. The number of carbonyl (C=O) groups is 1. The summed E-state index contributed by atoms with van der Waals surface area (Å²) in [7, 11) is 0. The molecule has 0 spiro atoms. The van der Waals surface area contributed by atoms with Crippen molar-refractivity contribution >= 4 is 5.91 Å². The van der Waals surface area contributed by atoms with Crippen LogP contribution < -0.4 is 0 Å². The van der Waals surface area contributed by atoms with Gasteiger partial charge < -0.3 is 4.90 Å². The van der Waals surface area contributed by atoms with Gasteiger partial charge in [-0.2, -0.15) is 5.10 Å². The van der Waals surface area contributed by atoms with Crippen molar-refractivity contribution in [2.75, 3.05) is 13.1 Å². The largest absolute Gasteiger partial charge is 0.341 e. The molecule has 0 N–H and O–H groups in total. The quantitative estimate of drug-likeness (QED) is 0.696. The number of nitrogens with zero attached hydrogens (tertiary/aromatic N) is 3. The number of halogens is 1. The standard InChI is InChI=1S/C21H28FN3O/c1-4-10-24(11-5-2)21(26)14-25-20(16-6-7-16)13-19(23-25)17-8-9-18(22)15(3)12-17/h8-9,12-13,16H,4-7,10-11,14H2,1-3H3. The van der Waals surface area contributed by atoms with Gasteiger partial charge in [-0.25, -0.2) is 4.39 Å². The lowest BCUT2D eigenvalue weighted by Gasteiger charge is -2.21. The summed E-state index contributed by atoms with van der Waals surface area (Å²) in [6.07, 6.45) is 4.21. The number of carbonyl (C=O) groups excluding carboxylic acids is 1. The first-order valence-electron chi connectivity index (χ1n) is 9.65. The van der Waals surface area contributed by atoms with E-state index >= 15 is 0 Å². The Balaban J connectivity index is 1.85. The molecule has 0 saturated heterocycles. The third-order valence-electron chi connectivity index (χ3n) is 4.89. The van der Waals surface area contributed by atoms with Crippen LogP contribution in [0.3, 0.4) is 0 Å². The Morgan fingerprint density at radius 1 is 1.23 bits per heavy atom. The van der Waals surface area contributed by atoms with Gasteiger partial charge in [0.15, 0.2) is 0 Å². The van der Waals surface area contributed by atoms with Crippen LogP contribution in [0.25, 0.3) is 11.3 Å². The van der Waals surface area contributed by atoms with Gasteiger partial charge in [0.05, 0.1) is 5.69 Å². The molecule has 1 saturated carbocycles. The van der Waals surface area contributed by atoms with Crippen LogP contribution in [-0.4, -0.2) is 33.7 Å². The minimum atomic E-state index is -0.208. The van der Waals surface area contributed by atoms with Crippen LogP contribution in [0, 0.1) is 12.7 Å². The third kappa shape index (κ3) is 4.14. The predicted molar refractivity (Wildman–Crippen MR) is 101 cm³/mol. The van der Waals surface area contributed by atoms with E-state index in [1.807, 2.05) is 15.6 Å². The highest BCUT2D eigenvalue weighted by molar-refractivity contribution is 5.76. The van der Waals surface area contributed by atoms with Gasteiger partial charge in [-0.3, -0.25) is 9.48 Å². The van der Waals surface area contributed by atoms with Gasteiger partial charge in [0.25, 0.3) is 0 Å². The molecule has 1 aromatic heterocycles. The Morgan fingerprint density at radius 3 is 2.50 bits per heavy atom. The molecule has 0 aliphatic heterocycles. The normalized spacial score (nSPS) is 13.8. The molecule has 3 rings (SSSR count). The molecular weight excluding hydrogens is 329 g/mol. The highest BCUT2D eigenvalue weighted by Crippen LogP contribution is 2.41. The van der Waals surface area contributed by atoms with Crippen molar-refractivity contribution in [2.45, 2.75) is 58.9 Å². The Hall–Kier alpha value is -2.17. The van der Waals surface area contributed by atoms with Crippen molar-refractivity contribution in [3.05, 3.63) is 41.3 Å².